The molecule has 0 aromatic rings. The summed E-state index contributed by atoms with van der Waals surface area (Å²) < 4.78 is 0. The van der Waals surface area contributed by atoms with Crippen molar-refractivity contribution in [1.29, 1.82) is 0 Å². The van der Waals surface area contributed by atoms with Crippen LogP contribution in [0.1, 0.15) is 39.5 Å². The Bertz CT molecular complexity index is 649. The van der Waals surface area contributed by atoms with E-state index in [2.05, 4.69) is 21.3 Å². The average molecular weight is 429 g/mol. The first-order chi connectivity index (χ1) is 14.1. The molecular weight excluding hydrogens is 398 g/mol. The average Bonchev–Trinajstić information content (AvgIpc) is 3.21. The number of rotatable bonds is 12. The van der Waals surface area contributed by atoms with Crippen molar-refractivity contribution in [3.63, 3.8) is 0 Å². The molecule has 1 aliphatic heterocycles. The molecule has 8 N–H and O–H groups in total. The summed E-state index contributed by atoms with van der Waals surface area (Å²) in [6.07, 6.45) is 1.23. The summed E-state index contributed by atoms with van der Waals surface area (Å²) in [5.41, 5.74) is 5.15. The molecule has 170 valence electrons. The predicted molar refractivity (Wildman–Crippen MR) is 105 cm³/mol. The lowest BCUT2D eigenvalue weighted by atomic mass is 10.0. The van der Waals surface area contributed by atoms with Crippen LogP contribution in [0.25, 0.3) is 0 Å². The number of hydrogen-bond donors (Lipinski definition) is 7. The lowest BCUT2D eigenvalue weighted by Gasteiger charge is -2.26. The Labute approximate surface area is 174 Å². The molecule has 0 saturated carbocycles. The lowest BCUT2D eigenvalue weighted by molar-refractivity contribution is -0.143. The smallest absolute Gasteiger partial charge is 0.328 e. The van der Waals surface area contributed by atoms with Crippen molar-refractivity contribution < 1.29 is 34.2 Å². The highest BCUT2D eigenvalue weighted by Crippen LogP contribution is 2.08. The summed E-state index contributed by atoms with van der Waals surface area (Å²) in [5, 5.41) is 28.3. The standard InChI is InChI=1S/C18H31N5O7/c1-9(2)14(17(28)22-12(8-24)18(29)30)23-16(27)11(5-6-13(19)25)21-15(26)10-4-3-7-20-10/h9-12,14,20,24H,3-8H2,1-2H3,(H2,19,25)(H,21,26)(H,22,28)(H,23,27)(H,29,30). The molecule has 30 heavy (non-hydrogen) atoms. The van der Waals surface area contributed by atoms with Gasteiger partial charge >= 0.3 is 5.97 Å². The summed E-state index contributed by atoms with van der Waals surface area (Å²) in [6.45, 7) is 3.14. The van der Waals surface area contributed by atoms with E-state index in [9.17, 15) is 24.0 Å². The number of nitrogens with two attached hydrogens (primary N) is 1. The first kappa shape index (κ1) is 25.3. The largest absolute Gasteiger partial charge is 0.480 e. The first-order valence-electron chi connectivity index (χ1n) is 9.83. The molecule has 12 heteroatoms. The van der Waals surface area contributed by atoms with Crippen molar-refractivity contribution >= 4 is 29.6 Å². The number of nitrogens with one attached hydrogen (secondary N) is 4. The van der Waals surface area contributed by atoms with Crippen LogP contribution in [0.2, 0.25) is 0 Å². The third-order valence-electron chi connectivity index (χ3n) is 4.73. The minimum Gasteiger partial charge on any atom is -0.480 e. The normalized spacial score (nSPS) is 18.9. The van der Waals surface area contributed by atoms with Crippen molar-refractivity contribution in [2.75, 3.05) is 13.2 Å². The van der Waals surface area contributed by atoms with Crippen LogP contribution in [0.5, 0.6) is 0 Å². The van der Waals surface area contributed by atoms with Crippen LogP contribution >= 0.6 is 0 Å². The van der Waals surface area contributed by atoms with Crippen LogP contribution < -0.4 is 27.0 Å². The molecule has 1 rings (SSSR count). The first-order valence-corrected chi connectivity index (χ1v) is 9.83. The Balaban J connectivity index is 2.87. The molecule has 1 aliphatic rings. The van der Waals surface area contributed by atoms with Gasteiger partial charge < -0.3 is 37.2 Å². The molecule has 0 radical (unpaired) electrons. The number of carboxylic acids is 1. The number of carbonyl (C=O) groups excluding carboxylic acids is 4. The van der Waals surface area contributed by atoms with E-state index < -0.39 is 66.3 Å². The summed E-state index contributed by atoms with van der Waals surface area (Å²) in [4.78, 5) is 59.8. The zero-order valence-corrected chi connectivity index (χ0v) is 17.1. The number of primary amides is 1. The zero-order valence-electron chi connectivity index (χ0n) is 17.1. The number of aliphatic hydroxyl groups is 1. The van der Waals surface area contributed by atoms with E-state index in [4.69, 9.17) is 15.9 Å². The highest BCUT2D eigenvalue weighted by molar-refractivity contribution is 5.94. The fourth-order valence-electron chi connectivity index (χ4n) is 2.97. The number of aliphatic carboxylic acids is 1. The molecule has 1 saturated heterocycles. The van der Waals surface area contributed by atoms with Gasteiger partial charge in [0.15, 0.2) is 0 Å². The summed E-state index contributed by atoms with van der Waals surface area (Å²) in [6, 6.07) is -4.19. The Hall–Kier alpha value is -2.73. The molecule has 0 aliphatic carbocycles. The van der Waals surface area contributed by atoms with Crippen LogP contribution in [0.3, 0.4) is 0 Å². The highest BCUT2D eigenvalue weighted by Gasteiger charge is 2.32. The van der Waals surface area contributed by atoms with Gasteiger partial charge in [-0.25, -0.2) is 4.79 Å². The van der Waals surface area contributed by atoms with Gasteiger partial charge in [0.25, 0.3) is 0 Å². The van der Waals surface area contributed by atoms with Gasteiger partial charge in [-0.15, -0.1) is 0 Å². The van der Waals surface area contributed by atoms with Crippen LogP contribution in [0.15, 0.2) is 0 Å². The number of hydrogen-bond acceptors (Lipinski definition) is 7. The van der Waals surface area contributed by atoms with Crippen molar-refractivity contribution in [3.05, 3.63) is 0 Å². The quantitative estimate of drug-likeness (QED) is 0.172. The molecular formula is C18H31N5O7. The van der Waals surface area contributed by atoms with E-state index in [1.54, 1.807) is 13.8 Å². The van der Waals surface area contributed by atoms with Crippen LogP contribution in [0, 0.1) is 5.92 Å². The van der Waals surface area contributed by atoms with Gasteiger partial charge in [-0.05, 0) is 31.7 Å². The number of aliphatic hydroxyl groups excluding tert-OH is 1. The van der Waals surface area contributed by atoms with E-state index >= 15 is 0 Å². The molecule has 1 fully saturated rings. The molecule has 0 bridgehead atoms. The molecule has 1 heterocycles. The van der Waals surface area contributed by atoms with Gasteiger partial charge in [0, 0.05) is 6.42 Å². The van der Waals surface area contributed by atoms with Crippen molar-refractivity contribution in [1.82, 2.24) is 21.3 Å². The highest BCUT2D eigenvalue weighted by atomic mass is 16.4. The second-order valence-corrected chi connectivity index (χ2v) is 7.53. The van der Waals surface area contributed by atoms with E-state index in [1.165, 1.54) is 0 Å². The van der Waals surface area contributed by atoms with E-state index in [0.29, 0.717) is 13.0 Å². The number of carboxylic acid groups (broad SMARTS) is 1. The number of amides is 4. The SMILES string of the molecule is CC(C)C(NC(=O)C(CCC(N)=O)NC(=O)C1CCCN1)C(=O)NC(CO)C(=O)O. The van der Waals surface area contributed by atoms with Gasteiger partial charge in [0.05, 0.1) is 12.6 Å². The fraction of sp³-hybridized carbons (Fsp3) is 0.722. The van der Waals surface area contributed by atoms with Crippen LogP contribution in [0.4, 0.5) is 0 Å². The maximum Gasteiger partial charge on any atom is 0.328 e. The predicted octanol–water partition coefficient (Wildman–Crippen LogP) is -2.81. The van der Waals surface area contributed by atoms with E-state index in [1.807, 2.05) is 0 Å². The Morgan fingerprint density at radius 3 is 2.20 bits per heavy atom. The monoisotopic (exact) mass is 429 g/mol. The summed E-state index contributed by atoms with van der Waals surface area (Å²) in [7, 11) is 0. The minimum atomic E-state index is -1.52. The van der Waals surface area contributed by atoms with E-state index in [0.717, 1.165) is 6.42 Å². The molecule has 4 atom stereocenters. The maximum atomic E-state index is 12.8. The second kappa shape index (κ2) is 12.1. The molecule has 0 spiro atoms. The lowest BCUT2D eigenvalue weighted by Crippen LogP contribution is -2.58. The van der Waals surface area contributed by atoms with Gasteiger partial charge in [-0.3, -0.25) is 19.2 Å². The van der Waals surface area contributed by atoms with Crippen molar-refractivity contribution in [2.45, 2.75) is 63.7 Å². The fourth-order valence-corrected chi connectivity index (χ4v) is 2.97. The Morgan fingerprint density at radius 1 is 1.07 bits per heavy atom. The number of carbonyl (C=O) groups is 5. The molecule has 4 unspecified atom stereocenters. The van der Waals surface area contributed by atoms with Gasteiger partial charge in [0.2, 0.25) is 23.6 Å². The molecule has 4 amide bonds. The Morgan fingerprint density at radius 2 is 1.73 bits per heavy atom. The van der Waals surface area contributed by atoms with Crippen LogP contribution in [-0.4, -0.2) is 77.1 Å². The topological polar surface area (TPSA) is 200 Å². The van der Waals surface area contributed by atoms with Gasteiger partial charge in [0.1, 0.15) is 18.1 Å². The molecule has 0 aromatic heterocycles. The van der Waals surface area contributed by atoms with Crippen molar-refractivity contribution in [3.8, 4) is 0 Å². The summed E-state index contributed by atoms with van der Waals surface area (Å²) >= 11 is 0. The maximum absolute atomic E-state index is 12.8. The zero-order chi connectivity index (χ0) is 22.8. The molecule has 0 aromatic carbocycles. The van der Waals surface area contributed by atoms with E-state index in [-0.39, 0.29) is 12.8 Å². The van der Waals surface area contributed by atoms with Crippen molar-refractivity contribution in [2.24, 2.45) is 11.7 Å². The third-order valence-corrected chi connectivity index (χ3v) is 4.73. The Kier molecular flexibility index (Phi) is 10.2. The van der Waals surface area contributed by atoms with Gasteiger partial charge in [-0.1, -0.05) is 13.8 Å². The van der Waals surface area contributed by atoms with Crippen LogP contribution in [-0.2, 0) is 24.0 Å². The minimum absolute atomic E-state index is 0.0551. The summed E-state index contributed by atoms with van der Waals surface area (Å²) in [5.74, 6) is -4.38. The second-order valence-electron chi connectivity index (χ2n) is 7.53. The third kappa shape index (κ3) is 7.95. The molecule has 12 nitrogen and oxygen atoms in total. The van der Waals surface area contributed by atoms with Gasteiger partial charge in [-0.2, -0.15) is 0 Å².